The summed E-state index contributed by atoms with van der Waals surface area (Å²) in [6.45, 7) is 6.84. The molecular weight excluding hydrogens is 442 g/mol. The van der Waals surface area contributed by atoms with Gasteiger partial charge in [0, 0.05) is 54.1 Å². The second-order valence-electron chi connectivity index (χ2n) is 8.52. The number of rotatable bonds is 5. The van der Waals surface area contributed by atoms with Crippen molar-refractivity contribution in [3.05, 3.63) is 88.9 Å². The Morgan fingerprint density at radius 2 is 1.65 bits per heavy atom. The molecule has 1 amide bonds. The summed E-state index contributed by atoms with van der Waals surface area (Å²) in [6, 6.07) is 22.2. The summed E-state index contributed by atoms with van der Waals surface area (Å²) >= 11 is 1.70. The maximum absolute atomic E-state index is 13.1. The highest BCUT2D eigenvalue weighted by atomic mass is 32.1. The number of thiophene rings is 1. The fraction of sp³-hybridized carbons (Fsp3) is 0.222. The number of hydrogen-bond acceptors (Lipinski definition) is 6. The average Bonchev–Trinajstić information content (AvgIpc) is 3.40. The van der Waals surface area contributed by atoms with Crippen molar-refractivity contribution < 1.29 is 4.79 Å². The normalized spacial score (nSPS) is 13.7. The van der Waals surface area contributed by atoms with Crippen LogP contribution >= 0.6 is 11.3 Å². The second-order valence-corrected chi connectivity index (χ2v) is 9.46. The third kappa shape index (κ3) is 4.94. The number of piperazine rings is 1. The molecule has 4 aromatic rings. The van der Waals surface area contributed by atoms with Crippen molar-refractivity contribution >= 4 is 34.7 Å². The predicted molar refractivity (Wildman–Crippen MR) is 139 cm³/mol. The zero-order chi connectivity index (χ0) is 23.5. The van der Waals surface area contributed by atoms with E-state index in [0.717, 1.165) is 41.4 Å². The lowest BCUT2D eigenvalue weighted by Gasteiger charge is -2.35. The summed E-state index contributed by atoms with van der Waals surface area (Å²) in [7, 11) is 0. The van der Waals surface area contributed by atoms with Crippen LogP contribution in [0.15, 0.2) is 72.1 Å². The van der Waals surface area contributed by atoms with Crippen LogP contribution in [-0.2, 0) is 0 Å². The van der Waals surface area contributed by atoms with Crippen LogP contribution in [0.5, 0.6) is 0 Å². The van der Waals surface area contributed by atoms with Gasteiger partial charge in [0.15, 0.2) is 0 Å². The average molecular weight is 470 g/mol. The zero-order valence-corrected chi connectivity index (χ0v) is 20.2. The number of hydrogen-bond donors (Lipinski definition) is 1. The highest BCUT2D eigenvalue weighted by Crippen LogP contribution is 2.25. The first-order valence-corrected chi connectivity index (χ1v) is 12.3. The number of carbonyl (C=O) groups excluding carboxylic acids is 1. The molecule has 34 heavy (non-hydrogen) atoms. The molecule has 1 fully saturated rings. The molecule has 5 rings (SSSR count). The fourth-order valence-corrected chi connectivity index (χ4v) is 4.81. The van der Waals surface area contributed by atoms with Crippen LogP contribution in [0.3, 0.4) is 0 Å². The first kappa shape index (κ1) is 22.1. The van der Waals surface area contributed by atoms with Crippen molar-refractivity contribution in [3.8, 4) is 10.4 Å². The van der Waals surface area contributed by atoms with Gasteiger partial charge in [-0.25, -0.2) is 4.98 Å². The molecule has 1 aliphatic rings. The molecule has 172 valence electrons. The van der Waals surface area contributed by atoms with Gasteiger partial charge in [-0.1, -0.05) is 35.9 Å². The molecule has 1 N–H and O–H groups in total. The monoisotopic (exact) mass is 469 g/mol. The van der Waals surface area contributed by atoms with Crippen molar-refractivity contribution in [2.45, 2.75) is 13.8 Å². The van der Waals surface area contributed by atoms with Crippen molar-refractivity contribution in [2.24, 2.45) is 0 Å². The van der Waals surface area contributed by atoms with E-state index in [1.165, 1.54) is 10.4 Å². The number of aromatic nitrogens is 2. The summed E-state index contributed by atoms with van der Waals surface area (Å²) in [5.41, 5.74) is 4.95. The van der Waals surface area contributed by atoms with Crippen LogP contribution in [0.2, 0.25) is 0 Å². The number of benzene rings is 2. The molecular formula is C27H27N5OS. The summed E-state index contributed by atoms with van der Waals surface area (Å²) in [6.07, 6.45) is 0. The van der Waals surface area contributed by atoms with Crippen molar-refractivity contribution in [1.82, 2.24) is 14.9 Å². The first-order valence-electron chi connectivity index (χ1n) is 11.4. The van der Waals surface area contributed by atoms with Gasteiger partial charge >= 0.3 is 0 Å². The Morgan fingerprint density at radius 3 is 2.32 bits per heavy atom. The molecule has 1 aliphatic heterocycles. The largest absolute Gasteiger partial charge is 0.353 e. The molecule has 6 nitrogen and oxygen atoms in total. The molecule has 0 atom stereocenters. The van der Waals surface area contributed by atoms with E-state index in [9.17, 15) is 4.79 Å². The SMILES string of the molecule is Cc1ccc(Nc2nc(C)cc(N3CCN(C(=O)c4ccc(-c5cccs5)cc4)CC3)n2)cc1. The highest BCUT2D eigenvalue weighted by molar-refractivity contribution is 7.13. The minimum absolute atomic E-state index is 0.0815. The molecule has 0 saturated carbocycles. The van der Waals surface area contributed by atoms with Gasteiger partial charge < -0.3 is 15.1 Å². The predicted octanol–water partition coefficient (Wildman–Crippen LogP) is 5.53. The molecule has 0 unspecified atom stereocenters. The third-order valence-electron chi connectivity index (χ3n) is 5.98. The lowest BCUT2D eigenvalue weighted by molar-refractivity contribution is 0.0746. The Bertz CT molecular complexity index is 1260. The van der Waals surface area contributed by atoms with Gasteiger partial charge in [0.25, 0.3) is 5.91 Å². The van der Waals surface area contributed by atoms with Gasteiger partial charge in [-0.15, -0.1) is 11.3 Å². The van der Waals surface area contributed by atoms with Gasteiger partial charge in [0.2, 0.25) is 5.95 Å². The topological polar surface area (TPSA) is 61.4 Å². The van der Waals surface area contributed by atoms with Crippen LogP contribution in [-0.4, -0.2) is 47.0 Å². The van der Waals surface area contributed by atoms with E-state index in [4.69, 9.17) is 4.98 Å². The van der Waals surface area contributed by atoms with Gasteiger partial charge in [-0.05, 0) is 55.1 Å². The van der Waals surface area contributed by atoms with Gasteiger partial charge in [-0.2, -0.15) is 4.98 Å². The maximum atomic E-state index is 13.1. The van der Waals surface area contributed by atoms with Crippen LogP contribution in [0.4, 0.5) is 17.5 Å². The molecule has 0 bridgehead atoms. The van der Waals surface area contributed by atoms with E-state index in [0.29, 0.717) is 19.0 Å². The lowest BCUT2D eigenvalue weighted by atomic mass is 10.1. The smallest absolute Gasteiger partial charge is 0.253 e. The number of amides is 1. The highest BCUT2D eigenvalue weighted by Gasteiger charge is 2.23. The van der Waals surface area contributed by atoms with E-state index < -0.39 is 0 Å². The van der Waals surface area contributed by atoms with Crippen LogP contribution in [0.1, 0.15) is 21.6 Å². The quantitative estimate of drug-likeness (QED) is 0.417. The Kier molecular flexibility index (Phi) is 6.27. The van der Waals surface area contributed by atoms with E-state index in [2.05, 4.69) is 45.7 Å². The molecule has 2 aromatic heterocycles. The number of nitrogens with one attached hydrogen (secondary N) is 1. The second kappa shape index (κ2) is 9.65. The minimum atomic E-state index is 0.0815. The van der Waals surface area contributed by atoms with E-state index in [-0.39, 0.29) is 5.91 Å². The molecule has 7 heteroatoms. The summed E-state index contributed by atoms with van der Waals surface area (Å²) in [4.78, 5) is 27.7. The Morgan fingerprint density at radius 1 is 0.912 bits per heavy atom. The zero-order valence-electron chi connectivity index (χ0n) is 19.4. The molecule has 2 aromatic carbocycles. The van der Waals surface area contributed by atoms with Crippen molar-refractivity contribution in [1.29, 1.82) is 0 Å². The number of aryl methyl sites for hydroxylation is 2. The lowest BCUT2D eigenvalue weighted by Crippen LogP contribution is -2.49. The van der Waals surface area contributed by atoms with E-state index in [1.54, 1.807) is 11.3 Å². The Hall–Kier alpha value is -3.71. The van der Waals surface area contributed by atoms with Gasteiger partial charge in [0.1, 0.15) is 5.82 Å². The van der Waals surface area contributed by atoms with E-state index in [1.807, 2.05) is 60.4 Å². The maximum Gasteiger partial charge on any atom is 0.253 e. The minimum Gasteiger partial charge on any atom is -0.353 e. The number of anilines is 3. The molecule has 0 radical (unpaired) electrons. The van der Waals surface area contributed by atoms with Gasteiger partial charge in [-0.3, -0.25) is 4.79 Å². The van der Waals surface area contributed by atoms with Crippen LogP contribution in [0, 0.1) is 13.8 Å². The Labute approximate surface area is 203 Å². The number of carbonyl (C=O) groups is 1. The molecule has 0 aliphatic carbocycles. The molecule has 0 spiro atoms. The molecule has 1 saturated heterocycles. The van der Waals surface area contributed by atoms with Crippen molar-refractivity contribution in [3.63, 3.8) is 0 Å². The number of nitrogens with zero attached hydrogens (tertiary/aromatic N) is 4. The summed E-state index contributed by atoms with van der Waals surface area (Å²) in [5, 5.41) is 5.37. The molecule has 3 heterocycles. The van der Waals surface area contributed by atoms with Gasteiger partial charge in [0.05, 0.1) is 0 Å². The summed E-state index contributed by atoms with van der Waals surface area (Å²) < 4.78 is 0. The van der Waals surface area contributed by atoms with Crippen LogP contribution in [0.25, 0.3) is 10.4 Å². The standard InChI is InChI=1S/C27H27N5OS/c1-19-5-11-23(12-6-19)29-27-28-20(2)18-25(30-27)31-13-15-32(16-14-31)26(33)22-9-7-21(8-10-22)24-4-3-17-34-24/h3-12,17-18H,13-16H2,1-2H3,(H,28,29,30). The first-order chi connectivity index (χ1) is 16.5. The van der Waals surface area contributed by atoms with E-state index >= 15 is 0 Å². The van der Waals surface area contributed by atoms with Crippen molar-refractivity contribution in [2.75, 3.05) is 36.4 Å². The third-order valence-corrected chi connectivity index (χ3v) is 6.90. The van der Waals surface area contributed by atoms with Crippen LogP contribution < -0.4 is 10.2 Å². The Balaban J connectivity index is 1.23. The fourth-order valence-electron chi connectivity index (χ4n) is 4.08. The summed E-state index contributed by atoms with van der Waals surface area (Å²) in [5.74, 6) is 1.55.